The summed E-state index contributed by atoms with van der Waals surface area (Å²) in [7, 11) is 0. The largest absolute Gasteiger partial charge is 0.508 e. The number of amides is 1. The fourth-order valence-electron chi connectivity index (χ4n) is 2.45. The van der Waals surface area contributed by atoms with Crippen LogP contribution in [0.1, 0.15) is 26.3 Å². The van der Waals surface area contributed by atoms with Crippen LogP contribution in [0.2, 0.25) is 0 Å². The maximum Gasteiger partial charge on any atom is 0.328 e. The molecule has 6 N–H and O–H groups in total. The molecule has 8 nitrogen and oxygen atoms in total. The Labute approximate surface area is 151 Å². The number of carboxylic acid groups (broad SMARTS) is 1. The van der Waals surface area contributed by atoms with Crippen LogP contribution in [0.4, 0.5) is 0 Å². The van der Waals surface area contributed by atoms with Crippen LogP contribution in [-0.4, -0.2) is 51.4 Å². The lowest BCUT2D eigenvalue weighted by molar-refractivity contribution is -0.145. The van der Waals surface area contributed by atoms with Crippen LogP contribution in [0.3, 0.4) is 0 Å². The number of nitrogens with two attached hydrogens (primary N) is 1. The highest BCUT2D eigenvalue weighted by molar-refractivity contribution is 5.89. The molecule has 0 spiro atoms. The van der Waals surface area contributed by atoms with E-state index >= 15 is 0 Å². The molecule has 0 aliphatic heterocycles. The number of ether oxygens (including phenoxy) is 1. The maximum absolute atomic E-state index is 12.3. The zero-order valence-electron chi connectivity index (χ0n) is 15.1. The summed E-state index contributed by atoms with van der Waals surface area (Å²) in [6.07, 6.45) is 1.91. The molecule has 0 unspecified atom stereocenters. The Bertz CT molecular complexity index is 794. The lowest BCUT2D eigenvalue weighted by Crippen LogP contribution is -2.51. The van der Waals surface area contributed by atoms with Crippen molar-refractivity contribution in [3.8, 4) is 5.75 Å². The number of nitrogens with one attached hydrogen (secondary N) is 2. The van der Waals surface area contributed by atoms with E-state index in [1.807, 2.05) is 0 Å². The minimum atomic E-state index is -1.19. The number of phenolic OH excluding ortho intramolecular Hbond substituents is 1. The quantitative estimate of drug-likeness (QED) is 0.500. The molecule has 26 heavy (non-hydrogen) atoms. The highest BCUT2D eigenvalue weighted by Crippen LogP contribution is 2.23. The molecule has 2 rings (SSSR count). The lowest BCUT2D eigenvalue weighted by Gasteiger charge is -2.24. The second kappa shape index (κ2) is 7.76. The summed E-state index contributed by atoms with van der Waals surface area (Å²) in [5.41, 5.74) is 7.00. The van der Waals surface area contributed by atoms with Gasteiger partial charge in [0.05, 0.1) is 18.2 Å². The number of aromatic hydroxyl groups is 1. The first-order valence-electron chi connectivity index (χ1n) is 8.28. The standard InChI is InChI=1S/C18H25N3O5/c1-18(2,3)26-9-15(17(24)25)21-16(23)13(19)6-10-8-20-14-5-4-11(22)7-12(10)14/h4-5,7-8,13,15,20,22H,6,9,19H2,1-3H3,(H,21,23)(H,24,25)/t13-,15-/m0/s1. The van der Waals surface area contributed by atoms with E-state index in [1.165, 1.54) is 0 Å². The van der Waals surface area contributed by atoms with Gasteiger partial charge in [0.25, 0.3) is 0 Å². The molecule has 1 aromatic carbocycles. The average molecular weight is 363 g/mol. The number of hydrogen-bond acceptors (Lipinski definition) is 5. The van der Waals surface area contributed by atoms with Crippen LogP contribution in [0.5, 0.6) is 5.75 Å². The number of aliphatic carboxylic acids is 1. The van der Waals surface area contributed by atoms with Gasteiger partial charge in [0.15, 0.2) is 6.04 Å². The van der Waals surface area contributed by atoms with Crippen molar-refractivity contribution in [2.24, 2.45) is 5.73 Å². The van der Waals surface area contributed by atoms with Crippen molar-refractivity contribution in [3.63, 3.8) is 0 Å². The molecule has 0 saturated carbocycles. The molecule has 2 atom stereocenters. The minimum Gasteiger partial charge on any atom is -0.508 e. The molecular formula is C18H25N3O5. The van der Waals surface area contributed by atoms with Crippen LogP contribution in [-0.2, 0) is 20.7 Å². The molecule has 0 fully saturated rings. The summed E-state index contributed by atoms with van der Waals surface area (Å²) >= 11 is 0. The fraction of sp³-hybridized carbons (Fsp3) is 0.444. The predicted molar refractivity (Wildman–Crippen MR) is 96.9 cm³/mol. The number of aromatic amines is 1. The monoisotopic (exact) mass is 363 g/mol. The number of hydrogen-bond donors (Lipinski definition) is 5. The third-order valence-corrected chi connectivity index (χ3v) is 3.83. The summed E-state index contributed by atoms with van der Waals surface area (Å²) in [5, 5.41) is 22.1. The van der Waals surface area contributed by atoms with E-state index in [4.69, 9.17) is 10.5 Å². The number of carbonyl (C=O) groups excluding carboxylic acids is 1. The molecule has 1 amide bonds. The van der Waals surface area contributed by atoms with Gasteiger partial charge in [-0.3, -0.25) is 4.79 Å². The van der Waals surface area contributed by atoms with Gasteiger partial charge in [-0.1, -0.05) is 0 Å². The molecule has 1 aromatic heterocycles. The van der Waals surface area contributed by atoms with E-state index in [0.717, 1.165) is 16.5 Å². The van der Waals surface area contributed by atoms with Crippen LogP contribution in [0.25, 0.3) is 10.9 Å². The van der Waals surface area contributed by atoms with Crippen molar-refractivity contribution in [3.05, 3.63) is 30.0 Å². The van der Waals surface area contributed by atoms with Crippen molar-refractivity contribution >= 4 is 22.8 Å². The molecule has 0 saturated heterocycles. The molecule has 8 heteroatoms. The molecule has 2 aromatic rings. The van der Waals surface area contributed by atoms with E-state index < -0.39 is 29.6 Å². The Morgan fingerprint density at radius 3 is 2.65 bits per heavy atom. The summed E-state index contributed by atoms with van der Waals surface area (Å²) < 4.78 is 5.44. The Morgan fingerprint density at radius 2 is 2.04 bits per heavy atom. The van der Waals surface area contributed by atoms with Gasteiger partial charge in [0, 0.05) is 17.1 Å². The van der Waals surface area contributed by atoms with E-state index in [-0.39, 0.29) is 18.8 Å². The smallest absolute Gasteiger partial charge is 0.328 e. The van der Waals surface area contributed by atoms with Crippen molar-refractivity contribution in [2.45, 2.75) is 44.9 Å². The highest BCUT2D eigenvalue weighted by Gasteiger charge is 2.26. The van der Waals surface area contributed by atoms with Crippen LogP contribution < -0.4 is 11.1 Å². The number of benzene rings is 1. The van der Waals surface area contributed by atoms with Gasteiger partial charge in [-0.05, 0) is 51.0 Å². The van der Waals surface area contributed by atoms with Crippen LogP contribution >= 0.6 is 0 Å². The number of aromatic nitrogens is 1. The van der Waals surface area contributed by atoms with E-state index in [0.29, 0.717) is 0 Å². The van der Waals surface area contributed by atoms with Gasteiger partial charge in [-0.2, -0.15) is 0 Å². The number of rotatable bonds is 7. The van der Waals surface area contributed by atoms with Gasteiger partial charge in [0.2, 0.25) is 5.91 Å². The van der Waals surface area contributed by atoms with Gasteiger partial charge in [-0.15, -0.1) is 0 Å². The number of carboxylic acids is 1. The molecular weight excluding hydrogens is 338 g/mol. The van der Waals surface area contributed by atoms with E-state index in [1.54, 1.807) is 45.2 Å². The minimum absolute atomic E-state index is 0.113. The average Bonchev–Trinajstić information content (AvgIpc) is 2.92. The molecule has 0 bridgehead atoms. The number of fused-ring (bicyclic) bond motifs is 1. The zero-order valence-corrected chi connectivity index (χ0v) is 15.1. The van der Waals surface area contributed by atoms with E-state index in [9.17, 15) is 19.8 Å². The number of H-pyrrole nitrogens is 1. The Hall–Kier alpha value is -2.58. The lowest BCUT2D eigenvalue weighted by atomic mass is 10.0. The van der Waals surface area contributed by atoms with Gasteiger partial charge < -0.3 is 31.0 Å². The van der Waals surface area contributed by atoms with E-state index in [2.05, 4.69) is 10.3 Å². The second-order valence-corrected chi connectivity index (χ2v) is 7.18. The van der Waals surface area contributed by atoms with Crippen molar-refractivity contribution in [1.82, 2.24) is 10.3 Å². The Kier molecular flexibility index (Phi) is 5.89. The SMILES string of the molecule is CC(C)(C)OC[C@H](NC(=O)[C@@H](N)Cc1c[nH]c2ccc(O)cc12)C(=O)O. The molecule has 0 aliphatic rings. The van der Waals surface area contributed by atoms with Gasteiger partial charge >= 0.3 is 5.97 Å². The first-order chi connectivity index (χ1) is 12.1. The third-order valence-electron chi connectivity index (χ3n) is 3.83. The summed E-state index contributed by atoms with van der Waals surface area (Å²) in [6, 6.07) is 2.75. The highest BCUT2D eigenvalue weighted by atomic mass is 16.5. The predicted octanol–water partition coefficient (Wildman–Crippen LogP) is 1.13. The number of carbonyl (C=O) groups is 2. The Balaban J connectivity index is 2.03. The fourth-order valence-corrected chi connectivity index (χ4v) is 2.45. The van der Waals surface area contributed by atoms with Crippen molar-refractivity contribution in [2.75, 3.05) is 6.61 Å². The molecule has 0 aliphatic carbocycles. The second-order valence-electron chi connectivity index (χ2n) is 7.18. The first-order valence-corrected chi connectivity index (χ1v) is 8.28. The number of phenols is 1. The maximum atomic E-state index is 12.3. The normalized spacial score (nSPS) is 14.2. The molecule has 1 heterocycles. The molecule has 0 radical (unpaired) electrons. The van der Waals surface area contributed by atoms with Gasteiger partial charge in [0.1, 0.15) is 5.75 Å². The van der Waals surface area contributed by atoms with Crippen molar-refractivity contribution in [1.29, 1.82) is 0 Å². The first kappa shape index (κ1) is 19.7. The topological polar surface area (TPSA) is 138 Å². The summed E-state index contributed by atoms with van der Waals surface area (Å²) in [5.74, 6) is -1.65. The van der Waals surface area contributed by atoms with Crippen molar-refractivity contribution < 1.29 is 24.5 Å². The summed E-state index contributed by atoms with van der Waals surface area (Å²) in [4.78, 5) is 26.7. The molecule has 142 valence electrons. The summed E-state index contributed by atoms with van der Waals surface area (Å²) in [6.45, 7) is 5.24. The Morgan fingerprint density at radius 1 is 1.35 bits per heavy atom. The van der Waals surface area contributed by atoms with Crippen LogP contribution in [0.15, 0.2) is 24.4 Å². The third kappa shape index (κ3) is 5.21. The van der Waals surface area contributed by atoms with Crippen LogP contribution in [0, 0.1) is 0 Å². The van der Waals surface area contributed by atoms with Gasteiger partial charge in [-0.25, -0.2) is 4.79 Å². The zero-order chi connectivity index (χ0) is 19.5.